The molecule has 0 saturated heterocycles. The number of carbonyl (C=O) groups is 1. The summed E-state index contributed by atoms with van der Waals surface area (Å²) in [6, 6.07) is 0. The van der Waals surface area contributed by atoms with Crippen LogP contribution in [-0.2, 0) is 4.79 Å². The Bertz CT molecular complexity index is 44.1. The van der Waals surface area contributed by atoms with E-state index in [1.807, 2.05) is 0 Å². The fourth-order valence-electron chi connectivity index (χ4n) is 0. The molecular weight excluding hydrogens is 153 g/mol. The Morgan fingerprint density at radius 1 is 1.83 bits per heavy atom. The summed E-state index contributed by atoms with van der Waals surface area (Å²) in [5.74, 6) is -0.745. The smallest absolute Gasteiger partial charge is 0.303 e. The van der Waals surface area contributed by atoms with Crippen LogP contribution < -0.4 is 0 Å². The van der Waals surface area contributed by atoms with Crippen LogP contribution in [0.15, 0.2) is 0 Å². The van der Waals surface area contributed by atoms with Gasteiger partial charge in [-0.3, -0.25) is 4.79 Å². The first-order valence-corrected chi connectivity index (χ1v) is 1.49. The summed E-state index contributed by atoms with van der Waals surface area (Å²) in [6.07, 6.45) is 0.222. The molecule has 0 aromatic heterocycles. The van der Waals surface area contributed by atoms with E-state index in [9.17, 15) is 4.79 Å². The zero-order chi connectivity index (χ0) is 4.28. The van der Waals surface area contributed by atoms with Crippen molar-refractivity contribution in [3.63, 3.8) is 0 Å². The second-order valence-electron chi connectivity index (χ2n) is 0.747. The molecule has 3 heteroatoms. The van der Waals surface area contributed by atoms with Gasteiger partial charge in [0.05, 0.1) is 0 Å². The fraction of sp³-hybridized carbons (Fsp3) is 0.667. The van der Waals surface area contributed by atoms with Crippen molar-refractivity contribution in [2.75, 3.05) is 0 Å². The number of carboxylic acid groups (broad SMARTS) is 1. The summed E-state index contributed by atoms with van der Waals surface area (Å²) < 4.78 is 0. The third-order valence-electron chi connectivity index (χ3n) is 0.302. The zero-order valence-electron chi connectivity index (χ0n) is 4.06. The van der Waals surface area contributed by atoms with Crippen molar-refractivity contribution >= 4 is 64.2 Å². The van der Waals surface area contributed by atoms with Gasteiger partial charge < -0.3 is 5.11 Å². The van der Waals surface area contributed by atoms with E-state index in [0.29, 0.717) is 0 Å². The number of carboxylic acids is 1. The van der Waals surface area contributed by atoms with Gasteiger partial charge in [0.25, 0.3) is 0 Å². The average molecular weight is 160 g/mol. The van der Waals surface area contributed by atoms with E-state index < -0.39 is 5.97 Å². The monoisotopic (exact) mass is 159 g/mol. The summed E-state index contributed by atoms with van der Waals surface area (Å²) in [7, 11) is 0. The third-order valence-corrected chi connectivity index (χ3v) is 0.302. The summed E-state index contributed by atoms with van der Waals surface area (Å²) in [4.78, 5) is 9.37. The molecule has 0 atom stereocenters. The Balaban J connectivity index is 0. The standard InChI is InChI=1S/C3H6O2.Rb/c1-2-3(4)5;/h2H2,1H3,(H,4,5);. The molecule has 0 saturated carbocycles. The van der Waals surface area contributed by atoms with Crippen molar-refractivity contribution in [2.24, 2.45) is 0 Å². The van der Waals surface area contributed by atoms with Crippen LogP contribution >= 0.6 is 0 Å². The van der Waals surface area contributed by atoms with Gasteiger partial charge in [0.2, 0.25) is 0 Å². The number of aliphatic carboxylic acids is 1. The minimum atomic E-state index is -0.745. The van der Waals surface area contributed by atoms with Crippen LogP contribution in [0.25, 0.3) is 0 Å². The molecule has 2 nitrogen and oxygen atoms in total. The summed E-state index contributed by atoms with van der Waals surface area (Å²) in [5, 5.41) is 7.72. The molecule has 0 unspecified atom stereocenters. The zero-order valence-corrected chi connectivity index (χ0v) is 8.98. The van der Waals surface area contributed by atoms with Crippen molar-refractivity contribution in [1.29, 1.82) is 0 Å². The maximum absolute atomic E-state index is 9.37. The van der Waals surface area contributed by atoms with Crippen molar-refractivity contribution in [1.82, 2.24) is 0 Å². The maximum atomic E-state index is 9.37. The molecule has 0 aliphatic carbocycles. The number of hydrogen-bond acceptors (Lipinski definition) is 1. The first-order valence-electron chi connectivity index (χ1n) is 1.49. The van der Waals surface area contributed by atoms with Gasteiger partial charge in [-0.1, -0.05) is 6.92 Å². The molecule has 0 aromatic rings. The molecule has 0 aromatic carbocycles. The van der Waals surface area contributed by atoms with Gasteiger partial charge in [-0.15, -0.1) is 0 Å². The van der Waals surface area contributed by atoms with Crippen LogP contribution in [0.5, 0.6) is 0 Å². The molecule has 0 aliphatic heterocycles. The Morgan fingerprint density at radius 2 is 2.00 bits per heavy atom. The molecular formula is C3H6O2Rb. The van der Waals surface area contributed by atoms with E-state index in [0.717, 1.165) is 0 Å². The van der Waals surface area contributed by atoms with Gasteiger partial charge in [0.1, 0.15) is 0 Å². The topological polar surface area (TPSA) is 37.3 Å². The molecule has 0 heterocycles. The van der Waals surface area contributed by atoms with Crippen molar-refractivity contribution in [3.8, 4) is 0 Å². The van der Waals surface area contributed by atoms with Gasteiger partial charge in [-0.25, -0.2) is 0 Å². The quantitative estimate of drug-likeness (QED) is 0.589. The first kappa shape index (κ1) is 10.3. The summed E-state index contributed by atoms with van der Waals surface area (Å²) >= 11 is 0. The molecule has 0 amide bonds. The summed E-state index contributed by atoms with van der Waals surface area (Å²) in [6.45, 7) is 1.60. The average Bonchev–Trinajstić information content (AvgIpc) is 1.38. The number of rotatable bonds is 1. The molecule has 0 aliphatic rings. The predicted molar refractivity (Wildman–Crippen MR) is 23.7 cm³/mol. The first-order chi connectivity index (χ1) is 2.27. The normalized spacial score (nSPS) is 6.17. The van der Waals surface area contributed by atoms with Crippen LogP contribution in [0.3, 0.4) is 0 Å². The van der Waals surface area contributed by atoms with E-state index in [1.165, 1.54) is 0 Å². The fourth-order valence-corrected chi connectivity index (χ4v) is 0. The molecule has 0 fully saturated rings. The molecule has 1 N–H and O–H groups in total. The van der Waals surface area contributed by atoms with Gasteiger partial charge in [0.15, 0.2) is 0 Å². The largest absolute Gasteiger partial charge is 0.481 e. The second-order valence-corrected chi connectivity index (χ2v) is 0.747. The molecule has 0 rings (SSSR count). The minimum absolute atomic E-state index is 0. The second kappa shape index (κ2) is 6.28. The molecule has 0 bridgehead atoms. The van der Waals surface area contributed by atoms with E-state index in [-0.39, 0.29) is 64.6 Å². The maximum Gasteiger partial charge on any atom is 0.303 e. The third kappa shape index (κ3) is 8.99. The van der Waals surface area contributed by atoms with Crippen LogP contribution in [-0.4, -0.2) is 69.3 Å². The molecule has 1 radical (unpaired) electrons. The van der Waals surface area contributed by atoms with Gasteiger partial charge in [0, 0.05) is 64.6 Å². The van der Waals surface area contributed by atoms with E-state index in [1.54, 1.807) is 6.92 Å². The van der Waals surface area contributed by atoms with Crippen LogP contribution in [0.2, 0.25) is 0 Å². The van der Waals surface area contributed by atoms with Crippen molar-refractivity contribution in [3.05, 3.63) is 0 Å². The van der Waals surface area contributed by atoms with Crippen LogP contribution in [0, 0.1) is 0 Å². The van der Waals surface area contributed by atoms with Gasteiger partial charge in [-0.05, 0) is 0 Å². The Kier molecular flexibility index (Phi) is 10.8. The molecule has 6 heavy (non-hydrogen) atoms. The minimum Gasteiger partial charge on any atom is -0.481 e. The Hall–Kier alpha value is 1.28. The number of hydrogen-bond donors (Lipinski definition) is 1. The Labute approximate surface area is 85.7 Å². The summed E-state index contributed by atoms with van der Waals surface area (Å²) in [5.41, 5.74) is 0. The SMILES string of the molecule is CCC(=O)O.[Rb]. The van der Waals surface area contributed by atoms with E-state index >= 15 is 0 Å². The van der Waals surface area contributed by atoms with Crippen LogP contribution in [0.1, 0.15) is 13.3 Å². The van der Waals surface area contributed by atoms with Gasteiger partial charge in [-0.2, -0.15) is 0 Å². The predicted octanol–water partition coefficient (Wildman–Crippen LogP) is 0.100. The van der Waals surface area contributed by atoms with Gasteiger partial charge >= 0.3 is 5.97 Å². The van der Waals surface area contributed by atoms with Crippen LogP contribution in [0.4, 0.5) is 0 Å². The van der Waals surface area contributed by atoms with Crippen molar-refractivity contribution < 1.29 is 9.90 Å². The molecule has 31 valence electrons. The van der Waals surface area contributed by atoms with Crippen molar-refractivity contribution in [2.45, 2.75) is 13.3 Å². The molecule has 0 spiro atoms. The Morgan fingerprint density at radius 3 is 2.00 bits per heavy atom. The van der Waals surface area contributed by atoms with E-state index in [4.69, 9.17) is 5.11 Å². The van der Waals surface area contributed by atoms with E-state index in [2.05, 4.69) is 0 Å².